The number of rotatable bonds is 7. The Labute approximate surface area is 154 Å². The predicted octanol–water partition coefficient (Wildman–Crippen LogP) is 3.40. The highest BCUT2D eigenvalue weighted by molar-refractivity contribution is 6.30. The first-order valence-corrected chi connectivity index (χ1v) is 8.65. The standard InChI is InChI=1S/C18H28ClN3O3/c1-11(2)14(10-21-17(24)25-18(3,4)5)15(16(20)23)22-13-8-6-7-12(19)9-13/h6-9,11,14-15,22H,10H2,1-5H3,(H2,20,23)(H,21,24). The van der Waals surface area contributed by atoms with Gasteiger partial charge in [-0.1, -0.05) is 31.5 Å². The molecule has 1 rings (SSSR count). The van der Waals surface area contributed by atoms with Gasteiger partial charge in [0.25, 0.3) is 0 Å². The molecule has 4 N–H and O–H groups in total. The third kappa shape index (κ3) is 7.65. The van der Waals surface area contributed by atoms with Crippen molar-refractivity contribution in [3.05, 3.63) is 29.3 Å². The maximum absolute atomic E-state index is 12.0. The molecule has 6 nitrogen and oxygen atoms in total. The zero-order valence-electron chi connectivity index (χ0n) is 15.4. The summed E-state index contributed by atoms with van der Waals surface area (Å²) in [5.74, 6) is -0.618. The van der Waals surface area contributed by atoms with Gasteiger partial charge in [-0.2, -0.15) is 0 Å². The van der Waals surface area contributed by atoms with E-state index in [9.17, 15) is 9.59 Å². The molecule has 0 saturated heterocycles. The molecule has 2 amide bonds. The summed E-state index contributed by atoms with van der Waals surface area (Å²) in [5, 5.41) is 6.40. The van der Waals surface area contributed by atoms with Crippen LogP contribution in [0.3, 0.4) is 0 Å². The molecule has 7 heteroatoms. The van der Waals surface area contributed by atoms with Crippen LogP contribution in [-0.2, 0) is 9.53 Å². The first-order chi connectivity index (χ1) is 11.5. The van der Waals surface area contributed by atoms with E-state index in [1.807, 2.05) is 13.8 Å². The summed E-state index contributed by atoms with van der Waals surface area (Å²) in [4.78, 5) is 23.9. The number of hydrogen-bond acceptors (Lipinski definition) is 4. The highest BCUT2D eigenvalue weighted by atomic mass is 35.5. The minimum atomic E-state index is -0.659. The van der Waals surface area contributed by atoms with E-state index in [0.717, 1.165) is 0 Å². The fraction of sp³-hybridized carbons (Fsp3) is 0.556. The topological polar surface area (TPSA) is 93.4 Å². The highest BCUT2D eigenvalue weighted by Crippen LogP contribution is 2.22. The summed E-state index contributed by atoms with van der Waals surface area (Å²) in [7, 11) is 0. The predicted molar refractivity (Wildman–Crippen MR) is 101 cm³/mol. The normalized spacial score (nSPS) is 13.9. The van der Waals surface area contributed by atoms with Crippen molar-refractivity contribution in [3.63, 3.8) is 0 Å². The van der Waals surface area contributed by atoms with E-state index in [1.165, 1.54) is 0 Å². The summed E-state index contributed by atoms with van der Waals surface area (Å²) in [6.07, 6.45) is -0.524. The number of nitrogens with one attached hydrogen (secondary N) is 2. The maximum atomic E-state index is 12.0. The lowest BCUT2D eigenvalue weighted by Gasteiger charge is -2.30. The molecule has 0 aliphatic rings. The molecule has 140 valence electrons. The van der Waals surface area contributed by atoms with Crippen LogP contribution in [0, 0.1) is 11.8 Å². The number of nitrogens with two attached hydrogens (primary N) is 1. The molecule has 2 atom stereocenters. The second-order valence-electron chi connectivity index (χ2n) is 7.33. The number of carbonyl (C=O) groups is 2. The van der Waals surface area contributed by atoms with Crippen LogP contribution in [0.15, 0.2) is 24.3 Å². The Hall–Kier alpha value is -1.95. The summed E-state index contributed by atoms with van der Waals surface area (Å²) in [6, 6.07) is 6.40. The van der Waals surface area contributed by atoms with Gasteiger partial charge in [0.2, 0.25) is 5.91 Å². The van der Waals surface area contributed by atoms with Crippen molar-refractivity contribution >= 4 is 29.3 Å². The average molecular weight is 370 g/mol. The van der Waals surface area contributed by atoms with Crippen LogP contribution in [-0.4, -0.2) is 30.2 Å². The van der Waals surface area contributed by atoms with Gasteiger partial charge in [-0.15, -0.1) is 0 Å². The van der Waals surface area contributed by atoms with E-state index >= 15 is 0 Å². The van der Waals surface area contributed by atoms with Gasteiger partial charge in [0, 0.05) is 23.2 Å². The number of benzene rings is 1. The van der Waals surface area contributed by atoms with E-state index < -0.39 is 23.6 Å². The molecule has 0 fully saturated rings. The monoisotopic (exact) mass is 369 g/mol. The Morgan fingerprint density at radius 2 is 1.92 bits per heavy atom. The lowest BCUT2D eigenvalue weighted by Crippen LogP contribution is -2.48. The van der Waals surface area contributed by atoms with Crippen molar-refractivity contribution in [2.45, 2.75) is 46.3 Å². The van der Waals surface area contributed by atoms with E-state index in [1.54, 1.807) is 45.0 Å². The molecule has 0 aliphatic heterocycles. The Bertz CT molecular complexity index is 599. The molecule has 0 saturated carbocycles. The molecule has 0 heterocycles. The van der Waals surface area contributed by atoms with Crippen LogP contribution in [0.4, 0.5) is 10.5 Å². The Morgan fingerprint density at radius 3 is 2.40 bits per heavy atom. The molecule has 0 bridgehead atoms. The van der Waals surface area contributed by atoms with Crippen molar-refractivity contribution in [2.24, 2.45) is 17.6 Å². The van der Waals surface area contributed by atoms with E-state index in [4.69, 9.17) is 22.1 Å². The fourth-order valence-corrected chi connectivity index (χ4v) is 2.59. The minimum absolute atomic E-state index is 0.0964. The van der Waals surface area contributed by atoms with Gasteiger partial charge < -0.3 is 21.1 Å². The number of halogens is 1. The molecule has 0 radical (unpaired) electrons. The van der Waals surface area contributed by atoms with Crippen LogP contribution in [0.25, 0.3) is 0 Å². The zero-order valence-corrected chi connectivity index (χ0v) is 16.2. The first kappa shape index (κ1) is 21.1. The number of carbonyl (C=O) groups excluding carboxylic acids is 2. The van der Waals surface area contributed by atoms with Gasteiger partial charge in [-0.05, 0) is 44.9 Å². The molecule has 1 aromatic carbocycles. The van der Waals surface area contributed by atoms with Gasteiger partial charge >= 0.3 is 6.09 Å². The van der Waals surface area contributed by atoms with E-state index in [-0.39, 0.29) is 18.4 Å². The lowest BCUT2D eigenvalue weighted by molar-refractivity contribution is -0.120. The highest BCUT2D eigenvalue weighted by Gasteiger charge is 2.30. The summed E-state index contributed by atoms with van der Waals surface area (Å²) < 4.78 is 5.24. The Balaban J connectivity index is 2.84. The zero-order chi connectivity index (χ0) is 19.2. The van der Waals surface area contributed by atoms with Crippen molar-refractivity contribution < 1.29 is 14.3 Å². The van der Waals surface area contributed by atoms with Crippen molar-refractivity contribution in [1.82, 2.24) is 5.32 Å². The second-order valence-corrected chi connectivity index (χ2v) is 7.76. The SMILES string of the molecule is CC(C)C(CNC(=O)OC(C)(C)C)C(Nc1cccc(Cl)c1)C(N)=O. The molecular formula is C18H28ClN3O3. The molecule has 2 unspecified atom stereocenters. The van der Waals surface area contributed by atoms with E-state index in [2.05, 4.69) is 10.6 Å². The van der Waals surface area contributed by atoms with E-state index in [0.29, 0.717) is 10.7 Å². The van der Waals surface area contributed by atoms with Crippen LogP contribution in [0.5, 0.6) is 0 Å². The maximum Gasteiger partial charge on any atom is 0.407 e. The molecule has 0 aromatic heterocycles. The van der Waals surface area contributed by atoms with Crippen LogP contribution in [0.2, 0.25) is 5.02 Å². The number of alkyl carbamates (subject to hydrolysis) is 1. The summed E-state index contributed by atoms with van der Waals surface area (Å²) in [5.41, 5.74) is 5.70. The third-order valence-electron chi connectivity index (χ3n) is 3.62. The summed E-state index contributed by atoms with van der Waals surface area (Å²) in [6.45, 7) is 9.57. The largest absolute Gasteiger partial charge is 0.444 e. The van der Waals surface area contributed by atoms with Crippen molar-refractivity contribution in [2.75, 3.05) is 11.9 Å². The number of hydrogen-bond donors (Lipinski definition) is 3. The van der Waals surface area contributed by atoms with Gasteiger partial charge in [0.15, 0.2) is 0 Å². The molecule has 25 heavy (non-hydrogen) atoms. The van der Waals surface area contributed by atoms with Gasteiger partial charge in [-0.3, -0.25) is 4.79 Å². The van der Waals surface area contributed by atoms with Crippen LogP contribution >= 0.6 is 11.6 Å². The molecule has 0 spiro atoms. The number of amides is 2. The average Bonchev–Trinajstić information content (AvgIpc) is 2.43. The molecular weight excluding hydrogens is 342 g/mol. The number of ether oxygens (including phenoxy) is 1. The number of anilines is 1. The molecule has 1 aromatic rings. The number of primary amides is 1. The smallest absolute Gasteiger partial charge is 0.407 e. The Kier molecular flexibility index (Phi) is 7.55. The fourth-order valence-electron chi connectivity index (χ4n) is 2.40. The molecule has 0 aliphatic carbocycles. The third-order valence-corrected chi connectivity index (χ3v) is 3.85. The van der Waals surface area contributed by atoms with Crippen LogP contribution in [0.1, 0.15) is 34.6 Å². The van der Waals surface area contributed by atoms with Gasteiger partial charge in [0.05, 0.1) is 0 Å². The van der Waals surface area contributed by atoms with Crippen molar-refractivity contribution in [1.29, 1.82) is 0 Å². The van der Waals surface area contributed by atoms with Gasteiger partial charge in [0.1, 0.15) is 11.6 Å². The van der Waals surface area contributed by atoms with Crippen LogP contribution < -0.4 is 16.4 Å². The quantitative estimate of drug-likeness (QED) is 0.686. The van der Waals surface area contributed by atoms with Gasteiger partial charge in [-0.25, -0.2) is 4.79 Å². The first-order valence-electron chi connectivity index (χ1n) is 8.28. The second kappa shape index (κ2) is 8.94. The Morgan fingerprint density at radius 1 is 1.28 bits per heavy atom. The lowest BCUT2D eigenvalue weighted by atomic mass is 9.87. The summed E-state index contributed by atoms with van der Waals surface area (Å²) >= 11 is 5.98. The van der Waals surface area contributed by atoms with Crippen molar-refractivity contribution in [3.8, 4) is 0 Å². The minimum Gasteiger partial charge on any atom is -0.444 e.